The van der Waals surface area contributed by atoms with E-state index in [1.54, 1.807) is 6.08 Å². The Hall–Kier alpha value is -1.75. The number of rotatable bonds is 6. The lowest BCUT2D eigenvalue weighted by Gasteiger charge is -2.05. The first-order valence-corrected chi connectivity index (χ1v) is 6.00. The molecule has 0 aliphatic rings. The zero-order valence-electron chi connectivity index (χ0n) is 11.0. The molecule has 0 unspecified atom stereocenters. The first-order chi connectivity index (χ1) is 9.08. The molecule has 19 heavy (non-hydrogen) atoms. The fraction of sp³-hybridized carbons (Fsp3) is 0.357. The fourth-order valence-electron chi connectivity index (χ4n) is 1.57. The van der Waals surface area contributed by atoms with E-state index < -0.39 is 11.6 Å². The number of esters is 1. The molecule has 0 aromatic heterocycles. The molecule has 0 atom stereocenters. The average molecular weight is 269 g/mol. The summed E-state index contributed by atoms with van der Waals surface area (Å²) in [4.78, 5) is 11.3. The molecular weight excluding hydrogens is 252 g/mol. The quantitative estimate of drug-likeness (QED) is 0.490. The van der Waals surface area contributed by atoms with Crippen molar-refractivity contribution in [1.29, 1.82) is 0 Å². The van der Waals surface area contributed by atoms with E-state index in [0.29, 0.717) is 24.1 Å². The summed E-state index contributed by atoms with van der Waals surface area (Å²) < 4.78 is 30.6. The number of methoxy groups -OCH3 is 1. The number of benzene rings is 1. The number of halogens is 2. The van der Waals surface area contributed by atoms with Crippen molar-refractivity contribution in [2.24, 2.45) is 0 Å². The van der Waals surface area contributed by atoms with Gasteiger partial charge in [-0.05, 0) is 12.5 Å². The Labute approximate surface area is 111 Å². The van der Waals surface area contributed by atoms with E-state index >= 15 is 0 Å². The van der Waals surface area contributed by atoms with E-state index in [-0.39, 0.29) is 12.5 Å². The van der Waals surface area contributed by atoms with Crippen LogP contribution in [0, 0.1) is 11.6 Å². The van der Waals surface area contributed by atoms with Gasteiger partial charge in [0.05, 0.1) is 7.11 Å². The van der Waals surface area contributed by atoms with Crippen LogP contribution in [0.2, 0.25) is 0 Å². The van der Waals surface area contributed by atoms with E-state index in [1.165, 1.54) is 19.2 Å². The van der Waals surface area contributed by atoms with Crippen molar-refractivity contribution in [3.63, 3.8) is 0 Å². The minimum atomic E-state index is -0.597. The molecule has 0 aliphatic carbocycles. The van der Waals surface area contributed by atoms with Gasteiger partial charge in [0.1, 0.15) is 11.6 Å². The zero-order valence-corrected chi connectivity index (χ0v) is 11.0. The molecule has 0 saturated heterocycles. The number of carbonyl (C=O) groups is 1. The molecule has 1 N–H and O–H groups in total. The number of hydrogen-bond acceptors (Lipinski definition) is 3. The van der Waals surface area contributed by atoms with Crippen LogP contribution in [0.1, 0.15) is 18.9 Å². The van der Waals surface area contributed by atoms with Gasteiger partial charge in [0, 0.05) is 30.3 Å². The fourth-order valence-corrected chi connectivity index (χ4v) is 1.57. The molecule has 0 aliphatic heterocycles. The van der Waals surface area contributed by atoms with Gasteiger partial charge in [-0.2, -0.15) is 0 Å². The van der Waals surface area contributed by atoms with E-state index in [0.717, 1.165) is 6.07 Å². The largest absolute Gasteiger partial charge is 0.466 e. The highest BCUT2D eigenvalue weighted by Gasteiger charge is 2.06. The van der Waals surface area contributed by atoms with E-state index in [1.807, 2.05) is 6.92 Å². The highest BCUT2D eigenvalue weighted by Crippen LogP contribution is 2.09. The van der Waals surface area contributed by atoms with Crippen LogP contribution in [0.4, 0.5) is 8.78 Å². The van der Waals surface area contributed by atoms with Crippen LogP contribution in [-0.2, 0) is 16.1 Å². The van der Waals surface area contributed by atoms with Crippen LogP contribution < -0.4 is 5.32 Å². The second-order valence-electron chi connectivity index (χ2n) is 3.94. The normalized spacial score (nSPS) is 11.5. The summed E-state index contributed by atoms with van der Waals surface area (Å²) in [6.45, 7) is 2.53. The number of carbonyl (C=O) groups excluding carboxylic acids is 1. The van der Waals surface area contributed by atoms with Crippen molar-refractivity contribution in [3.8, 4) is 0 Å². The van der Waals surface area contributed by atoms with Gasteiger partial charge in [-0.3, -0.25) is 0 Å². The standard InChI is InChI=1S/C14H17F2NO2/c1-3-10(14(18)19-2)6-7-17-9-11-4-5-12(15)8-13(11)16/h4-6,8,17H,3,7,9H2,1-2H3/b10-6-. The maximum Gasteiger partial charge on any atom is 0.333 e. The Kier molecular flexibility index (Phi) is 6.15. The van der Waals surface area contributed by atoms with Crippen LogP contribution in [0.3, 0.4) is 0 Å². The first kappa shape index (κ1) is 15.3. The molecule has 0 heterocycles. The SMILES string of the molecule is CC/C(=C/CNCc1ccc(F)cc1F)C(=O)OC. The average Bonchev–Trinajstić information content (AvgIpc) is 2.40. The molecule has 1 rings (SSSR count). The van der Waals surface area contributed by atoms with Crippen LogP contribution in [0.15, 0.2) is 29.8 Å². The Bertz CT molecular complexity index is 473. The molecule has 0 fully saturated rings. The molecule has 0 amide bonds. The van der Waals surface area contributed by atoms with Gasteiger partial charge in [-0.1, -0.05) is 19.1 Å². The number of nitrogens with one attached hydrogen (secondary N) is 1. The maximum atomic E-state index is 13.3. The van der Waals surface area contributed by atoms with Gasteiger partial charge in [0.15, 0.2) is 0 Å². The third-order valence-electron chi connectivity index (χ3n) is 2.65. The second kappa shape index (κ2) is 7.63. The van der Waals surface area contributed by atoms with Gasteiger partial charge < -0.3 is 10.1 Å². The van der Waals surface area contributed by atoms with Gasteiger partial charge >= 0.3 is 5.97 Å². The van der Waals surface area contributed by atoms with Gasteiger partial charge in [-0.15, -0.1) is 0 Å². The highest BCUT2D eigenvalue weighted by atomic mass is 19.1. The van der Waals surface area contributed by atoms with E-state index in [9.17, 15) is 13.6 Å². The van der Waals surface area contributed by atoms with Crippen molar-refractivity contribution in [3.05, 3.63) is 47.0 Å². The summed E-state index contributed by atoms with van der Waals surface area (Å²) in [5.74, 6) is -1.54. The van der Waals surface area contributed by atoms with E-state index in [2.05, 4.69) is 10.1 Å². The Morgan fingerprint density at radius 3 is 2.74 bits per heavy atom. The second-order valence-corrected chi connectivity index (χ2v) is 3.94. The monoisotopic (exact) mass is 269 g/mol. The van der Waals surface area contributed by atoms with E-state index in [4.69, 9.17) is 0 Å². The summed E-state index contributed by atoms with van der Waals surface area (Å²) in [7, 11) is 1.33. The van der Waals surface area contributed by atoms with Crippen LogP contribution in [0.25, 0.3) is 0 Å². The summed E-state index contributed by atoms with van der Waals surface area (Å²) in [6.07, 6.45) is 2.27. The summed E-state index contributed by atoms with van der Waals surface area (Å²) >= 11 is 0. The number of hydrogen-bond donors (Lipinski definition) is 1. The lowest BCUT2D eigenvalue weighted by Crippen LogP contribution is -2.16. The lowest BCUT2D eigenvalue weighted by molar-refractivity contribution is -0.136. The molecule has 0 spiro atoms. The predicted molar refractivity (Wildman–Crippen MR) is 68.5 cm³/mol. The molecule has 0 bridgehead atoms. The molecule has 104 valence electrons. The topological polar surface area (TPSA) is 38.3 Å². The molecule has 1 aromatic rings. The van der Waals surface area contributed by atoms with Crippen molar-refractivity contribution < 1.29 is 18.3 Å². The van der Waals surface area contributed by atoms with Gasteiger partial charge in [-0.25, -0.2) is 13.6 Å². The molecule has 3 nitrogen and oxygen atoms in total. The van der Waals surface area contributed by atoms with Crippen molar-refractivity contribution in [2.75, 3.05) is 13.7 Å². The van der Waals surface area contributed by atoms with Crippen molar-refractivity contribution >= 4 is 5.97 Å². The Balaban J connectivity index is 2.50. The smallest absolute Gasteiger partial charge is 0.333 e. The van der Waals surface area contributed by atoms with Crippen LogP contribution >= 0.6 is 0 Å². The van der Waals surface area contributed by atoms with Gasteiger partial charge in [0.25, 0.3) is 0 Å². The third kappa shape index (κ3) is 4.79. The lowest BCUT2D eigenvalue weighted by atomic mass is 10.2. The summed E-state index contributed by atoms with van der Waals surface area (Å²) in [6, 6.07) is 3.45. The van der Waals surface area contributed by atoms with Crippen LogP contribution in [0.5, 0.6) is 0 Å². The zero-order chi connectivity index (χ0) is 14.3. The Morgan fingerprint density at radius 2 is 2.16 bits per heavy atom. The van der Waals surface area contributed by atoms with Crippen molar-refractivity contribution in [1.82, 2.24) is 5.32 Å². The summed E-state index contributed by atoms with van der Waals surface area (Å²) in [5.41, 5.74) is 0.945. The minimum Gasteiger partial charge on any atom is -0.466 e. The molecule has 0 radical (unpaired) electrons. The Morgan fingerprint density at radius 1 is 1.42 bits per heavy atom. The predicted octanol–water partition coefficient (Wildman–Crippen LogP) is 2.56. The summed E-state index contributed by atoms with van der Waals surface area (Å²) in [5, 5.41) is 2.96. The molecule has 1 aromatic carbocycles. The number of ether oxygens (including phenoxy) is 1. The van der Waals surface area contributed by atoms with Crippen molar-refractivity contribution in [2.45, 2.75) is 19.9 Å². The maximum absolute atomic E-state index is 13.3. The first-order valence-electron chi connectivity index (χ1n) is 6.00. The molecule has 0 saturated carbocycles. The third-order valence-corrected chi connectivity index (χ3v) is 2.65. The van der Waals surface area contributed by atoms with Gasteiger partial charge in [0.2, 0.25) is 0 Å². The highest BCUT2D eigenvalue weighted by molar-refractivity contribution is 5.88. The molecule has 5 heteroatoms. The van der Waals surface area contributed by atoms with Crippen LogP contribution in [-0.4, -0.2) is 19.6 Å². The molecular formula is C14H17F2NO2. The minimum absolute atomic E-state index is 0.265.